The Kier molecular flexibility index (Phi) is 6.86. The molecule has 194 valence electrons. The van der Waals surface area contributed by atoms with Crippen LogP contribution in [-0.2, 0) is 9.53 Å². The molecule has 0 spiro atoms. The SMILES string of the molecule is CCOC(=O)C1=C(C)N=c2s/c(=C/c3c(C)nn(-c4ccccc4)c3C)c(=O)n2C1c1ccc(OC)cc1. The largest absolute Gasteiger partial charge is 0.497 e. The van der Waals surface area contributed by atoms with Crippen LogP contribution < -0.4 is 19.6 Å². The number of hydrogen-bond donors (Lipinski definition) is 0. The van der Waals surface area contributed by atoms with Crippen molar-refractivity contribution < 1.29 is 14.3 Å². The van der Waals surface area contributed by atoms with Gasteiger partial charge in [-0.3, -0.25) is 9.36 Å². The van der Waals surface area contributed by atoms with Crippen LogP contribution in [0.3, 0.4) is 0 Å². The van der Waals surface area contributed by atoms with E-state index in [0.29, 0.717) is 26.4 Å². The Morgan fingerprint density at radius 2 is 1.79 bits per heavy atom. The summed E-state index contributed by atoms with van der Waals surface area (Å²) in [5.74, 6) is 0.195. The lowest BCUT2D eigenvalue weighted by atomic mass is 9.96. The summed E-state index contributed by atoms with van der Waals surface area (Å²) in [5.41, 5.74) is 4.98. The molecule has 1 atom stereocenters. The molecule has 8 nitrogen and oxygen atoms in total. The van der Waals surface area contributed by atoms with Gasteiger partial charge >= 0.3 is 5.97 Å². The maximum Gasteiger partial charge on any atom is 0.338 e. The molecule has 1 aliphatic heterocycles. The smallest absolute Gasteiger partial charge is 0.338 e. The highest BCUT2D eigenvalue weighted by molar-refractivity contribution is 7.07. The van der Waals surface area contributed by atoms with Crippen LogP contribution in [-0.4, -0.2) is 34.0 Å². The number of hydrogen-bond acceptors (Lipinski definition) is 7. The minimum absolute atomic E-state index is 0.222. The van der Waals surface area contributed by atoms with Gasteiger partial charge in [-0.05, 0) is 63.6 Å². The van der Waals surface area contributed by atoms with Crippen molar-refractivity contribution in [2.24, 2.45) is 4.99 Å². The molecule has 2 aromatic carbocycles. The van der Waals surface area contributed by atoms with Crippen LogP contribution in [0.4, 0.5) is 0 Å². The molecule has 0 saturated carbocycles. The monoisotopic (exact) mass is 528 g/mol. The van der Waals surface area contributed by atoms with Gasteiger partial charge in [0.15, 0.2) is 4.80 Å². The molecule has 4 aromatic rings. The molecule has 0 aliphatic carbocycles. The number of rotatable bonds is 6. The third kappa shape index (κ3) is 4.39. The second-order valence-electron chi connectivity index (χ2n) is 8.91. The van der Waals surface area contributed by atoms with Crippen LogP contribution in [0, 0.1) is 13.8 Å². The van der Waals surface area contributed by atoms with Crippen molar-refractivity contribution in [1.82, 2.24) is 14.3 Å². The molecule has 5 rings (SSSR count). The molecule has 38 heavy (non-hydrogen) atoms. The third-order valence-electron chi connectivity index (χ3n) is 6.57. The van der Waals surface area contributed by atoms with Gasteiger partial charge < -0.3 is 9.47 Å². The first-order valence-electron chi connectivity index (χ1n) is 12.3. The zero-order chi connectivity index (χ0) is 27.0. The van der Waals surface area contributed by atoms with Gasteiger partial charge in [-0.2, -0.15) is 5.10 Å². The Labute approximate surface area is 223 Å². The standard InChI is InChI=1S/C29H28N4O4S/c1-6-37-28(35)25-18(3)30-29-32(26(25)20-12-14-22(36-5)15-13-20)27(34)24(38-29)16-23-17(2)31-33(19(23)4)21-10-8-7-9-11-21/h7-16,26H,6H2,1-5H3/b24-16+. The summed E-state index contributed by atoms with van der Waals surface area (Å²) in [5, 5.41) is 4.71. The molecule has 0 radical (unpaired) electrons. The lowest BCUT2D eigenvalue weighted by molar-refractivity contribution is -0.139. The molecule has 3 heterocycles. The van der Waals surface area contributed by atoms with Crippen molar-refractivity contribution in [3.8, 4) is 11.4 Å². The van der Waals surface area contributed by atoms with E-state index in [9.17, 15) is 9.59 Å². The fraction of sp³-hybridized carbons (Fsp3) is 0.241. The van der Waals surface area contributed by atoms with E-state index >= 15 is 0 Å². The normalized spacial score (nSPS) is 15.3. The second kappa shape index (κ2) is 10.3. The Bertz CT molecular complexity index is 1730. The van der Waals surface area contributed by atoms with Crippen molar-refractivity contribution in [3.05, 3.63) is 108 Å². The summed E-state index contributed by atoms with van der Waals surface area (Å²) in [6, 6.07) is 16.5. The summed E-state index contributed by atoms with van der Waals surface area (Å²) in [6.07, 6.45) is 1.87. The number of esters is 1. The first-order valence-corrected chi connectivity index (χ1v) is 13.1. The van der Waals surface area contributed by atoms with Crippen molar-refractivity contribution in [1.29, 1.82) is 0 Å². The van der Waals surface area contributed by atoms with Gasteiger partial charge in [-0.1, -0.05) is 41.7 Å². The van der Waals surface area contributed by atoms with E-state index in [4.69, 9.17) is 14.6 Å². The summed E-state index contributed by atoms with van der Waals surface area (Å²) in [4.78, 5) is 32.2. The van der Waals surface area contributed by atoms with E-state index in [1.165, 1.54) is 11.3 Å². The van der Waals surface area contributed by atoms with E-state index in [1.807, 2.05) is 79.2 Å². The predicted molar refractivity (Wildman–Crippen MR) is 146 cm³/mol. The quantitative estimate of drug-likeness (QED) is 0.357. The summed E-state index contributed by atoms with van der Waals surface area (Å²) < 4.78 is 14.7. The number of fused-ring (bicyclic) bond motifs is 1. The van der Waals surface area contributed by atoms with Crippen molar-refractivity contribution in [2.45, 2.75) is 33.7 Å². The zero-order valence-corrected chi connectivity index (χ0v) is 22.7. The topological polar surface area (TPSA) is 87.7 Å². The van der Waals surface area contributed by atoms with E-state index in [1.54, 1.807) is 25.5 Å². The number of para-hydroxylation sites is 1. The first-order chi connectivity index (χ1) is 18.3. The number of ether oxygens (including phenoxy) is 2. The van der Waals surface area contributed by atoms with Crippen LogP contribution in [0.2, 0.25) is 0 Å². The molecule has 9 heteroatoms. The maximum atomic E-state index is 13.9. The zero-order valence-electron chi connectivity index (χ0n) is 21.9. The summed E-state index contributed by atoms with van der Waals surface area (Å²) in [7, 11) is 1.59. The number of carbonyl (C=O) groups excluding carboxylic acids is 1. The van der Waals surface area contributed by atoms with Gasteiger partial charge in [0.1, 0.15) is 5.75 Å². The van der Waals surface area contributed by atoms with Crippen molar-refractivity contribution in [3.63, 3.8) is 0 Å². The highest BCUT2D eigenvalue weighted by Gasteiger charge is 2.33. The second-order valence-corrected chi connectivity index (χ2v) is 9.92. The number of carbonyl (C=O) groups is 1. The minimum Gasteiger partial charge on any atom is -0.497 e. The minimum atomic E-state index is -0.674. The Hall–Kier alpha value is -4.24. The number of aryl methyl sites for hydroxylation is 1. The van der Waals surface area contributed by atoms with Gasteiger partial charge in [0.05, 0.1) is 46.9 Å². The fourth-order valence-corrected chi connectivity index (χ4v) is 5.74. The lowest BCUT2D eigenvalue weighted by Crippen LogP contribution is -2.39. The molecular formula is C29H28N4O4S. The third-order valence-corrected chi connectivity index (χ3v) is 7.55. The molecule has 0 fully saturated rings. The number of thiazole rings is 1. The number of aromatic nitrogens is 3. The fourth-order valence-electron chi connectivity index (χ4n) is 4.71. The molecule has 2 aromatic heterocycles. The molecule has 0 N–H and O–H groups in total. The van der Waals surface area contributed by atoms with Crippen molar-refractivity contribution >= 4 is 23.4 Å². The van der Waals surface area contributed by atoms with Crippen LogP contribution in [0.1, 0.15) is 42.4 Å². The van der Waals surface area contributed by atoms with E-state index < -0.39 is 12.0 Å². The molecular weight excluding hydrogens is 500 g/mol. The average Bonchev–Trinajstić information content (AvgIpc) is 3.38. The van der Waals surface area contributed by atoms with Gasteiger partial charge in [-0.25, -0.2) is 14.5 Å². The summed E-state index contributed by atoms with van der Waals surface area (Å²) >= 11 is 1.30. The van der Waals surface area contributed by atoms with Crippen molar-refractivity contribution in [2.75, 3.05) is 13.7 Å². The van der Waals surface area contributed by atoms with E-state index in [-0.39, 0.29) is 12.2 Å². The maximum absolute atomic E-state index is 13.9. The Morgan fingerprint density at radius 1 is 1.08 bits per heavy atom. The van der Waals surface area contributed by atoms with Gasteiger partial charge in [0, 0.05) is 11.3 Å². The van der Waals surface area contributed by atoms with Gasteiger partial charge in [0.25, 0.3) is 5.56 Å². The predicted octanol–water partition coefficient (Wildman–Crippen LogP) is 3.61. The van der Waals surface area contributed by atoms with Crippen LogP contribution in [0.15, 0.2) is 75.7 Å². The van der Waals surface area contributed by atoms with E-state index in [2.05, 4.69) is 4.99 Å². The number of allylic oxidation sites excluding steroid dienone is 1. The van der Waals surface area contributed by atoms with Crippen LogP contribution in [0.5, 0.6) is 5.75 Å². The van der Waals surface area contributed by atoms with Crippen LogP contribution >= 0.6 is 11.3 Å². The van der Waals surface area contributed by atoms with Gasteiger partial charge in [-0.15, -0.1) is 0 Å². The molecule has 1 unspecified atom stereocenters. The number of methoxy groups -OCH3 is 1. The molecule has 0 amide bonds. The van der Waals surface area contributed by atoms with Crippen LogP contribution in [0.25, 0.3) is 11.8 Å². The first kappa shape index (κ1) is 25.4. The highest BCUT2D eigenvalue weighted by Crippen LogP contribution is 2.31. The Balaban J connectivity index is 1.70. The molecule has 1 aliphatic rings. The number of nitrogens with zero attached hydrogens (tertiary/aromatic N) is 4. The number of benzene rings is 2. The van der Waals surface area contributed by atoms with E-state index in [0.717, 1.165) is 28.2 Å². The lowest BCUT2D eigenvalue weighted by Gasteiger charge is -2.24. The molecule has 0 bridgehead atoms. The highest BCUT2D eigenvalue weighted by atomic mass is 32.1. The average molecular weight is 529 g/mol. The summed E-state index contributed by atoms with van der Waals surface area (Å²) in [6.45, 7) is 7.67. The van der Waals surface area contributed by atoms with Gasteiger partial charge in [0.2, 0.25) is 0 Å². The Morgan fingerprint density at radius 3 is 2.45 bits per heavy atom. The molecule has 0 saturated heterocycles.